The van der Waals surface area contributed by atoms with Gasteiger partial charge in [-0.25, -0.2) is 13.2 Å². The van der Waals surface area contributed by atoms with Crippen LogP contribution in [0.4, 0.5) is 18.9 Å². The molecule has 1 saturated heterocycles. The lowest BCUT2D eigenvalue weighted by Gasteiger charge is -2.33. The predicted molar refractivity (Wildman–Crippen MR) is 74.7 cm³/mol. The van der Waals surface area contributed by atoms with E-state index in [-0.39, 0.29) is 17.4 Å². The zero-order chi connectivity index (χ0) is 14.9. The Morgan fingerprint density at radius 2 is 1.71 bits per heavy atom. The van der Waals surface area contributed by atoms with Gasteiger partial charge in [0.25, 0.3) is 0 Å². The summed E-state index contributed by atoms with van der Waals surface area (Å²) in [6.07, 6.45) is 7.86. The van der Waals surface area contributed by atoms with Gasteiger partial charge in [0, 0.05) is 18.7 Å². The first-order valence-electron chi connectivity index (χ1n) is 7.64. The van der Waals surface area contributed by atoms with Crippen LogP contribution in [-0.2, 0) is 4.74 Å². The van der Waals surface area contributed by atoms with Gasteiger partial charge < -0.3 is 10.1 Å². The van der Waals surface area contributed by atoms with Gasteiger partial charge in [-0.15, -0.1) is 0 Å². The van der Waals surface area contributed by atoms with Crippen LogP contribution in [0.5, 0.6) is 0 Å². The van der Waals surface area contributed by atoms with Crippen LogP contribution < -0.4 is 5.32 Å². The summed E-state index contributed by atoms with van der Waals surface area (Å²) < 4.78 is 45.7. The van der Waals surface area contributed by atoms with E-state index in [2.05, 4.69) is 5.32 Å². The van der Waals surface area contributed by atoms with Crippen molar-refractivity contribution in [3.8, 4) is 0 Å². The fourth-order valence-electron chi connectivity index (χ4n) is 3.48. The summed E-state index contributed by atoms with van der Waals surface area (Å²) >= 11 is 0. The molecule has 1 unspecified atom stereocenters. The van der Waals surface area contributed by atoms with Crippen LogP contribution in [0.25, 0.3) is 0 Å². The largest absolute Gasteiger partial charge is 0.380 e. The van der Waals surface area contributed by atoms with Crippen molar-refractivity contribution in [3.05, 3.63) is 29.6 Å². The summed E-state index contributed by atoms with van der Waals surface area (Å²) in [7, 11) is 0. The molecule has 1 aromatic rings. The molecule has 0 radical (unpaired) electrons. The molecule has 1 atom stereocenters. The van der Waals surface area contributed by atoms with E-state index >= 15 is 0 Å². The van der Waals surface area contributed by atoms with Crippen LogP contribution in [0.2, 0.25) is 0 Å². The van der Waals surface area contributed by atoms with Crippen LogP contribution in [0, 0.1) is 17.5 Å². The Morgan fingerprint density at radius 3 is 2.48 bits per heavy atom. The second-order valence-corrected chi connectivity index (χ2v) is 6.15. The van der Waals surface area contributed by atoms with Gasteiger partial charge in [-0.1, -0.05) is 19.3 Å². The zero-order valence-electron chi connectivity index (χ0n) is 11.9. The van der Waals surface area contributed by atoms with Gasteiger partial charge in [0.2, 0.25) is 0 Å². The van der Waals surface area contributed by atoms with E-state index in [1.165, 1.54) is 19.3 Å². The summed E-state index contributed by atoms with van der Waals surface area (Å²) in [5.41, 5.74) is -0.000851. The molecule has 1 aromatic carbocycles. The highest BCUT2D eigenvalue weighted by Crippen LogP contribution is 2.41. The minimum atomic E-state index is -1.17. The van der Waals surface area contributed by atoms with Gasteiger partial charge in [0.15, 0.2) is 11.6 Å². The fourth-order valence-corrected chi connectivity index (χ4v) is 3.48. The second kappa shape index (κ2) is 5.87. The van der Waals surface area contributed by atoms with Gasteiger partial charge in [-0.05, 0) is 25.7 Å². The average molecular weight is 299 g/mol. The van der Waals surface area contributed by atoms with E-state index in [1.54, 1.807) is 0 Å². The molecule has 2 nitrogen and oxygen atoms in total. The number of hydrogen-bond acceptors (Lipinski definition) is 2. The van der Waals surface area contributed by atoms with Crippen molar-refractivity contribution >= 4 is 5.69 Å². The van der Waals surface area contributed by atoms with Crippen molar-refractivity contribution in [2.75, 3.05) is 11.9 Å². The molecule has 1 saturated carbocycles. The summed E-state index contributed by atoms with van der Waals surface area (Å²) in [4.78, 5) is 0. The van der Waals surface area contributed by atoms with Gasteiger partial charge in [0.1, 0.15) is 5.82 Å². The molecule has 0 amide bonds. The molecule has 1 N–H and O–H groups in total. The van der Waals surface area contributed by atoms with Crippen LogP contribution in [-0.4, -0.2) is 18.2 Å². The Balaban J connectivity index is 1.58. The quantitative estimate of drug-likeness (QED) is 0.835. The molecular weight excluding hydrogens is 279 g/mol. The lowest BCUT2D eigenvalue weighted by Crippen LogP contribution is -2.33. The molecule has 116 valence electrons. The van der Waals surface area contributed by atoms with Gasteiger partial charge in [-0.2, -0.15) is 0 Å². The second-order valence-electron chi connectivity index (χ2n) is 6.15. The van der Waals surface area contributed by atoms with Crippen molar-refractivity contribution in [2.45, 2.75) is 56.7 Å². The number of anilines is 1. The molecule has 0 aromatic heterocycles. The number of rotatable bonds is 3. The van der Waals surface area contributed by atoms with Crippen LogP contribution in [0.1, 0.15) is 44.9 Å². The van der Waals surface area contributed by atoms with Crippen LogP contribution in [0.3, 0.4) is 0 Å². The molecule has 5 heteroatoms. The van der Waals surface area contributed by atoms with E-state index in [0.717, 1.165) is 31.7 Å². The van der Waals surface area contributed by atoms with Crippen molar-refractivity contribution in [1.82, 2.24) is 0 Å². The minimum absolute atomic E-state index is 0.00983. The van der Waals surface area contributed by atoms with Crippen molar-refractivity contribution in [2.24, 2.45) is 0 Å². The molecule has 1 aliphatic carbocycles. The molecule has 21 heavy (non-hydrogen) atoms. The Kier molecular flexibility index (Phi) is 4.11. The fraction of sp³-hybridized carbons (Fsp3) is 0.625. The maximum absolute atomic E-state index is 13.5. The average Bonchev–Trinajstić information content (AvgIpc) is 2.85. The van der Waals surface area contributed by atoms with Crippen LogP contribution in [0.15, 0.2) is 12.1 Å². The monoisotopic (exact) mass is 299 g/mol. The molecule has 1 spiro atoms. The van der Waals surface area contributed by atoms with E-state index < -0.39 is 17.5 Å². The summed E-state index contributed by atoms with van der Waals surface area (Å²) in [6.45, 7) is 0.420. The zero-order valence-corrected chi connectivity index (χ0v) is 11.9. The first-order valence-corrected chi connectivity index (χ1v) is 7.64. The Bertz CT molecular complexity index is 514. The SMILES string of the molecule is Fc1cc(F)c(NCC2CCC3(CCCCC3)O2)cc1F. The number of ether oxygens (including phenoxy) is 1. The summed E-state index contributed by atoms with van der Waals surface area (Å²) in [5.74, 6) is -2.99. The number of nitrogens with one attached hydrogen (secondary N) is 1. The van der Waals surface area contributed by atoms with Gasteiger partial charge in [-0.3, -0.25) is 0 Å². The third-order valence-electron chi connectivity index (χ3n) is 4.63. The lowest BCUT2D eigenvalue weighted by molar-refractivity contribution is -0.0588. The molecule has 3 rings (SSSR count). The topological polar surface area (TPSA) is 21.3 Å². The summed E-state index contributed by atoms with van der Waals surface area (Å²) in [5, 5.41) is 2.84. The predicted octanol–water partition coefficient (Wildman–Crippen LogP) is 4.40. The minimum Gasteiger partial charge on any atom is -0.380 e. The lowest BCUT2D eigenvalue weighted by atomic mass is 9.83. The molecular formula is C16H20F3NO. The van der Waals surface area contributed by atoms with Crippen LogP contribution >= 0.6 is 0 Å². The van der Waals surface area contributed by atoms with Crippen molar-refractivity contribution < 1.29 is 17.9 Å². The van der Waals surface area contributed by atoms with E-state index in [0.29, 0.717) is 12.6 Å². The molecule has 2 aliphatic rings. The van der Waals surface area contributed by atoms with E-state index in [9.17, 15) is 13.2 Å². The number of benzene rings is 1. The smallest absolute Gasteiger partial charge is 0.161 e. The van der Waals surface area contributed by atoms with Crippen molar-refractivity contribution in [1.29, 1.82) is 0 Å². The number of hydrogen-bond donors (Lipinski definition) is 1. The highest BCUT2D eigenvalue weighted by Gasteiger charge is 2.40. The maximum Gasteiger partial charge on any atom is 0.161 e. The normalized spacial score (nSPS) is 24.4. The standard InChI is InChI=1S/C16H20F3NO/c17-12-8-14(19)15(9-13(12)18)20-10-11-4-7-16(21-11)5-2-1-3-6-16/h8-9,11,20H,1-7,10H2. The Labute approximate surface area is 122 Å². The van der Waals surface area contributed by atoms with E-state index in [4.69, 9.17) is 4.74 Å². The molecule has 0 bridgehead atoms. The first-order chi connectivity index (χ1) is 10.1. The van der Waals surface area contributed by atoms with Gasteiger partial charge in [0.05, 0.1) is 17.4 Å². The highest BCUT2D eigenvalue weighted by molar-refractivity contribution is 5.45. The summed E-state index contributed by atoms with van der Waals surface area (Å²) in [6, 6.07) is 1.42. The molecule has 2 fully saturated rings. The molecule has 1 heterocycles. The third-order valence-corrected chi connectivity index (χ3v) is 4.63. The maximum atomic E-state index is 13.5. The van der Waals surface area contributed by atoms with Crippen molar-refractivity contribution in [3.63, 3.8) is 0 Å². The van der Waals surface area contributed by atoms with Gasteiger partial charge >= 0.3 is 0 Å². The third kappa shape index (κ3) is 3.18. The Morgan fingerprint density at radius 1 is 1.00 bits per heavy atom. The first kappa shape index (κ1) is 14.7. The highest BCUT2D eigenvalue weighted by atomic mass is 19.2. The Hall–Kier alpha value is -1.23. The molecule has 1 aliphatic heterocycles. The number of halogens is 3. The van der Waals surface area contributed by atoms with E-state index in [1.807, 2.05) is 0 Å².